The average molecular weight is 221 g/mol. The molecule has 1 heterocycles. The lowest BCUT2D eigenvalue weighted by molar-refractivity contribution is 0.0599. The molecule has 0 saturated carbocycles. The summed E-state index contributed by atoms with van der Waals surface area (Å²) in [6.45, 7) is 3.95. The average Bonchev–Trinajstić information content (AvgIpc) is 2.27. The van der Waals surface area contributed by atoms with Gasteiger partial charge in [-0.15, -0.1) is 0 Å². The number of ketones is 1. The van der Waals surface area contributed by atoms with Crippen molar-refractivity contribution in [1.29, 1.82) is 0 Å². The Morgan fingerprint density at radius 3 is 2.50 bits per heavy atom. The van der Waals surface area contributed by atoms with E-state index < -0.39 is 5.97 Å². The standard InChI is InChI=1S/C12H15NO3/c1-8(2)6-11(14)10-5-4-9(7-13-10)12(15)16-3/h4-5,7-8H,6H2,1-3H3. The normalized spacial score (nSPS) is 10.2. The summed E-state index contributed by atoms with van der Waals surface area (Å²) in [5.41, 5.74) is 0.741. The van der Waals surface area contributed by atoms with E-state index in [9.17, 15) is 9.59 Å². The monoisotopic (exact) mass is 221 g/mol. The maximum Gasteiger partial charge on any atom is 0.339 e. The lowest BCUT2D eigenvalue weighted by Gasteiger charge is -2.03. The second kappa shape index (κ2) is 5.39. The number of pyridine rings is 1. The van der Waals surface area contributed by atoms with Crippen LogP contribution in [0.3, 0.4) is 0 Å². The third-order valence-electron chi connectivity index (χ3n) is 2.06. The van der Waals surface area contributed by atoms with Crippen molar-refractivity contribution in [1.82, 2.24) is 4.98 Å². The van der Waals surface area contributed by atoms with Crippen LogP contribution >= 0.6 is 0 Å². The Labute approximate surface area is 94.6 Å². The number of nitrogens with zero attached hydrogens (tertiary/aromatic N) is 1. The second-order valence-electron chi connectivity index (χ2n) is 3.94. The number of esters is 1. The van der Waals surface area contributed by atoms with Crippen LogP contribution in [0.5, 0.6) is 0 Å². The number of hydrogen-bond donors (Lipinski definition) is 0. The van der Waals surface area contributed by atoms with Gasteiger partial charge >= 0.3 is 5.97 Å². The predicted octanol–water partition coefficient (Wildman–Crippen LogP) is 2.10. The molecule has 4 heteroatoms. The van der Waals surface area contributed by atoms with Crippen molar-refractivity contribution < 1.29 is 14.3 Å². The van der Waals surface area contributed by atoms with Crippen LogP contribution in [-0.2, 0) is 4.74 Å². The zero-order chi connectivity index (χ0) is 12.1. The van der Waals surface area contributed by atoms with Crippen LogP contribution in [0.25, 0.3) is 0 Å². The number of carbonyl (C=O) groups is 2. The maximum atomic E-state index is 11.6. The summed E-state index contributed by atoms with van der Waals surface area (Å²) in [6, 6.07) is 3.10. The molecule has 1 rings (SSSR count). The van der Waals surface area contributed by atoms with Gasteiger partial charge in [0.2, 0.25) is 0 Å². The molecule has 0 aliphatic heterocycles. The molecular formula is C12H15NO3. The quantitative estimate of drug-likeness (QED) is 0.577. The molecule has 0 saturated heterocycles. The van der Waals surface area contributed by atoms with Gasteiger partial charge in [0.1, 0.15) is 5.69 Å². The van der Waals surface area contributed by atoms with Crippen LogP contribution in [0.4, 0.5) is 0 Å². The van der Waals surface area contributed by atoms with Crippen molar-refractivity contribution >= 4 is 11.8 Å². The SMILES string of the molecule is COC(=O)c1ccc(C(=O)CC(C)C)nc1. The van der Waals surface area contributed by atoms with E-state index >= 15 is 0 Å². The molecule has 0 bridgehead atoms. The second-order valence-corrected chi connectivity index (χ2v) is 3.94. The Hall–Kier alpha value is -1.71. The predicted molar refractivity (Wildman–Crippen MR) is 59.4 cm³/mol. The molecule has 0 amide bonds. The fourth-order valence-corrected chi connectivity index (χ4v) is 1.27. The Morgan fingerprint density at radius 1 is 1.38 bits per heavy atom. The molecule has 86 valence electrons. The van der Waals surface area contributed by atoms with E-state index in [2.05, 4.69) is 9.72 Å². The van der Waals surface area contributed by atoms with E-state index in [0.717, 1.165) is 0 Å². The van der Waals surface area contributed by atoms with Crippen LogP contribution in [-0.4, -0.2) is 23.8 Å². The topological polar surface area (TPSA) is 56.3 Å². The molecule has 0 aliphatic carbocycles. The van der Waals surface area contributed by atoms with Crippen LogP contribution in [0, 0.1) is 5.92 Å². The Kier molecular flexibility index (Phi) is 4.17. The molecule has 4 nitrogen and oxygen atoms in total. The summed E-state index contributed by atoms with van der Waals surface area (Å²) in [5.74, 6) is -0.156. The van der Waals surface area contributed by atoms with Gasteiger partial charge in [0.05, 0.1) is 12.7 Å². The minimum atomic E-state index is -0.449. The molecule has 1 aromatic rings. The number of Topliss-reactive ketones (excluding diaryl/α,β-unsaturated/α-hetero) is 1. The van der Waals surface area contributed by atoms with E-state index in [1.165, 1.54) is 13.3 Å². The third kappa shape index (κ3) is 3.15. The maximum absolute atomic E-state index is 11.6. The van der Waals surface area contributed by atoms with Gasteiger partial charge < -0.3 is 4.74 Å². The molecule has 16 heavy (non-hydrogen) atoms. The fourth-order valence-electron chi connectivity index (χ4n) is 1.27. The van der Waals surface area contributed by atoms with Crippen molar-refractivity contribution in [2.24, 2.45) is 5.92 Å². The van der Waals surface area contributed by atoms with Gasteiger partial charge in [0.25, 0.3) is 0 Å². The fraction of sp³-hybridized carbons (Fsp3) is 0.417. The lowest BCUT2D eigenvalue weighted by Crippen LogP contribution is -2.08. The Bertz CT molecular complexity index is 382. The molecule has 0 fully saturated rings. The molecule has 0 radical (unpaired) electrons. The van der Waals surface area contributed by atoms with E-state index in [0.29, 0.717) is 23.6 Å². The van der Waals surface area contributed by atoms with Gasteiger partial charge in [-0.05, 0) is 18.1 Å². The highest BCUT2D eigenvalue weighted by Crippen LogP contribution is 2.08. The van der Waals surface area contributed by atoms with Gasteiger partial charge in [-0.1, -0.05) is 13.8 Å². The van der Waals surface area contributed by atoms with E-state index in [4.69, 9.17) is 0 Å². The first-order valence-electron chi connectivity index (χ1n) is 5.12. The first kappa shape index (κ1) is 12.4. The van der Waals surface area contributed by atoms with Crippen molar-refractivity contribution in [3.05, 3.63) is 29.6 Å². The molecule has 0 unspecified atom stereocenters. The molecular weight excluding hydrogens is 206 g/mol. The van der Waals surface area contributed by atoms with Crippen LogP contribution < -0.4 is 0 Å². The molecule has 0 aliphatic rings. The van der Waals surface area contributed by atoms with Gasteiger partial charge in [0.15, 0.2) is 5.78 Å². The zero-order valence-electron chi connectivity index (χ0n) is 9.69. The highest BCUT2D eigenvalue weighted by molar-refractivity contribution is 5.95. The van der Waals surface area contributed by atoms with Gasteiger partial charge in [0, 0.05) is 12.6 Å². The Morgan fingerprint density at radius 2 is 2.06 bits per heavy atom. The summed E-state index contributed by atoms with van der Waals surface area (Å²) in [7, 11) is 1.31. The van der Waals surface area contributed by atoms with E-state index in [1.54, 1.807) is 12.1 Å². The van der Waals surface area contributed by atoms with E-state index in [1.807, 2.05) is 13.8 Å². The van der Waals surface area contributed by atoms with Crippen molar-refractivity contribution in [3.8, 4) is 0 Å². The van der Waals surface area contributed by atoms with Gasteiger partial charge in [-0.25, -0.2) is 4.79 Å². The Balaban J connectivity index is 2.78. The van der Waals surface area contributed by atoms with Crippen LogP contribution in [0.2, 0.25) is 0 Å². The number of ether oxygens (including phenoxy) is 1. The largest absolute Gasteiger partial charge is 0.465 e. The first-order chi connectivity index (χ1) is 7.54. The van der Waals surface area contributed by atoms with Crippen molar-refractivity contribution in [3.63, 3.8) is 0 Å². The summed E-state index contributed by atoms with van der Waals surface area (Å²) in [4.78, 5) is 26.7. The highest BCUT2D eigenvalue weighted by atomic mass is 16.5. The molecule has 1 aromatic heterocycles. The van der Waals surface area contributed by atoms with E-state index in [-0.39, 0.29) is 5.78 Å². The zero-order valence-corrected chi connectivity index (χ0v) is 9.69. The summed E-state index contributed by atoms with van der Waals surface area (Å²) < 4.78 is 4.54. The first-order valence-corrected chi connectivity index (χ1v) is 5.12. The summed E-state index contributed by atoms with van der Waals surface area (Å²) in [5, 5.41) is 0. The highest BCUT2D eigenvalue weighted by Gasteiger charge is 2.11. The minimum Gasteiger partial charge on any atom is -0.465 e. The lowest BCUT2D eigenvalue weighted by atomic mass is 10.0. The number of carbonyl (C=O) groups excluding carboxylic acids is 2. The summed E-state index contributed by atoms with van der Waals surface area (Å²) >= 11 is 0. The smallest absolute Gasteiger partial charge is 0.339 e. The number of hydrogen-bond acceptors (Lipinski definition) is 4. The van der Waals surface area contributed by atoms with Crippen molar-refractivity contribution in [2.45, 2.75) is 20.3 Å². The summed E-state index contributed by atoms with van der Waals surface area (Å²) in [6.07, 6.45) is 1.82. The van der Waals surface area contributed by atoms with Crippen molar-refractivity contribution in [2.75, 3.05) is 7.11 Å². The van der Waals surface area contributed by atoms with Crippen LogP contribution in [0.15, 0.2) is 18.3 Å². The van der Waals surface area contributed by atoms with Gasteiger partial charge in [-0.3, -0.25) is 9.78 Å². The molecule has 0 atom stereocenters. The minimum absolute atomic E-state index is 0.00795. The number of aromatic nitrogens is 1. The molecule has 0 spiro atoms. The molecule has 0 N–H and O–H groups in total. The van der Waals surface area contributed by atoms with Crippen LogP contribution in [0.1, 0.15) is 41.1 Å². The number of methoxy groups -OCH3 is 1. The molecule has 0 aromatic carbocycles. The van der Waals surface area contributed by atoms with Gasteiger partial charge in [-0.2, -0.15) is 0 Å². The number of rotatable bonds is 4. The third-order valence-corrected chi connectivity index (χ3v) is 2.06.